The third-order valence-electron chi connectivity index (χ3n) is 3.24. The molecule has 1 fully saturated rings. The molecule has 0 bridgehead atoms. The van der Waals surface area contributed by atoms with Crippen molar-refractivity contribution >= 4 is 5.91 Å². The number of piperidine rings is 1. The van der Waals surface area contributed by atoms with Crippen LogP contribution in [0.15, 0.2) is 0 Å². The average Bonchev–Trinajstić information content (AvgIpc) is 2.38. The quantitative estimate of drug-likeness (QED) is 0.563. The van der Waals surface area contributed by atoms with Crippen LogP contribution in [-0.2, 0) is 4.79 Å². The van der Waals surface area contributed by atoms with Crippen molar-refractivity contribution in [2.75, 3.05) is 19.6 Å². The van der Waals surface area contributed by atoms with Crippen molar-refractivity contribution in [3.05, 3.63) is 0 Å². The van der Waals surface area contributed by atoms with Crippen LogP contribution in [0.5, 0.6) is 0 Å². The predicted molar refractivity (Wildman–Crippen MR) is 70.6 cm³/mol. The average molecular weight is 236 g/mol. The fourth-order valence-corrected chi connectivity index (χ4v) is 2.15. The van der Waals surface area contributed by atoms with Crippen LogP contribution in [0, 0.1) is 12.3 Å². The van der Waals surface area contributed by atoms with Crippen LogP contribution in [0.3, 0.4) is 0 Å². The Labute approximate surface area is 105 Å². The van der Waals surface area contributed by atoms with Crippen LogP contribution in [-0.4, -0.2) is 36.5 Å². The van der Waals surface area contributed by atoms with Gasteiger partial charge < -0.3 is 10.2 Å². The Bertz CT molecular complexity index is 264. The molecule has 0 aromatic carbocycles. The SMILES string of the molecule is C#CCCCCNC(C)C(=O)N1CCCCC1. The van der Waals surface area contributed by atoms with Crippen molar-refractivity contribution in [3.63, 3.8) is 0 Å². The Balaban J connectivity index is 2.15. The van der Waals surface area contributed by atoms with Crippen molar-refractivity contribution in [2.45, 2.75) is 51.5 Å². The monoisotopic (exact) mass is 236 g/mol. The maximum absolute atomic E-state index is 12.0. The highest BCUT2D eigenvalue weighted by molar-refractivity contribution is 5.81. The zero-order valence-corrected chi connectivity index (χ0v) is 10.9. The first-order valence-electron chi connectivity index (χ1n) is 6.71. The lowest BCUT2D eigenvalue weighted by molar-refractivity contribution is -0.133. The Morgan fingerprint density at radius 3 is 2.71 bits per heavy atom. The minimum Gasteiger partial charge on any atom is -0.341 e. The van der Waals surface area contributed by atoms with Gasteiger partial charge in [0.05, 0.1) is 6.04 Å². The van der Waals surface area contributed by atoms with Gasteiger partial charge in [0, 0.05) is 19.5 Å². The topological polar surface area (TPSA) is 32.3 Å². The number of carbonyl (C=O) groups excluding carboxylic acids is 1. The van der Waals surface area contributed by atoms with Crippen molar-refractivity contribution in [3.8, 4) is 12.3 Å². The summed E-state index contributed by atoms with van der Waals surface area (Å²) in [6, 6.07) is -0.0565. The van der Waals surface area contributed by atoms with Gasteiger partial charge in [-0.2, -0.15) is 0 Å². The van der Waals surface area contributed by atoms with Crippen molar-refractivity contribution in [1.82, 2.24) is 10.2 Å². The smallest absolute Gasteiger partial charge is 0.239 e. The van der Waals surface area contributed by atoms with Gasteiger partial charge in [0.1, 0.15) is 0 Å². The molecule has 0 radical (unpaired) electrons. The van der Waals surface area contributed by atoms with E-state index >= 15 is 0 Å². The number of nitrogens with zero attached hydrogens (tertiary/aromatic N) is 1. The number of carbonyl (C=O) groups is 1. The van der Waals surface area contributed by atoms with Crippen molar-refractivity contribution in [2.24, 2.45) is 0 Å². The number of unbranched alkanes of at least 4 members (excludes halogenated alkanes) is 2. The van der Waals surface area contributed by atoms with E-state index in [4.69, 9.17) is 6.42 Å². The standard InChI is InChI=1S/C14H24N2O/c1-3-4-5-7-10-15-13(2)14(17)16-11-8-6-9-12-16/h1,13,15H,4-12H2,2H3. The van der Waals surface area contributed by atoms with Gasteiger partial charge in [-0.25, -0.2) is 0 Å². The Hall–Kier alpha value is -1.01. The first kappa shape index (κ1) is 14.1. The summed E-state index contributed by atoms with van der Waals surface area (Å²) in [4.78, 5) is 14.0. The molecule has 1 saturated heterocycles. The molecule has 1 aliphatic heterocycles. The summed E-state index contributed by atoms with van der Waals surface area (Å²) in [7, 11) is 0. The van der Waals surface area contributed by atoms with Crippen LogP contribution >= 0.6 is 0 Å². The summed E-state index contributed by atoms with van der Waals surface area (Å²) in [6.45, 7) is 4.70. The van der Waals surface area contributed by atoms with Gasteiger partial charge in [-0.3, -0.25) is 4.79 Å². The normalized spacial score (nSPS) is 17.5. The molecule has 1 heterocycles. The molecule has 0 aliphatic carbocycles. The fourth-order valence-electron chi connectivity index (χ4n) is 2.15. The highest BCUT2D eigenvalue weighted by Crippen LogP contribution is 2.09. The van der Waals surface area contributed by atoms with Gasteiger partial charge in [-0.05, 0) is 45.6 Å². The number of amides is 1. The molecule has 3 heteroatoms. The third-order valence-corrected chi connectivity index (χ3v) is 3.24. The Kier molecular flexibility index (Phi) is 6.73. The maximum Gasteiger partial charge on any atom is 0.239 e. The van der Waals surface area contributed by atoms with Gasteiger partial charge in [0.15, 0.2) is 0 Å². The van der Waals surface area contributed by atoms with Crippen LogP contribution in [0.2, 0.25) is 0 Å². The minimum atomic E-state index is -0.0565. The minimum absolute atomic E-state index is 0.0565. The van der Waals surface area contributed by atoms with E-state index in [9.17, 15) is 4.79 Å². The summed E-state index contributed by atoms with van der Waals surface area (Å²) in [6.07, 6.45) is 11.7. The lowest BCUT2D eigenvalue weighted by atomic mass is 10.1. The molecule has 0 spiro atoms. The molecule has 1 amide bonds. The van der Waals surface area contributed by atoms with E-state index in [0.717, 1.165) is 51.7 Å². The summed E-state index contributed by atoms with van der Waals surface area (Å²) in [5, 5.41) is 3.28. The largest absolute Gasteiger partial charge is 0.341 e. The molecule has 0 aromatic rings. The molecule has 17 heavy (non-hydrogen) atoms. The van der Waals surface area contributed by atoms with E-state index in [-0.39, 0.29) is 11.9 Å². The molecule has 96 valence electrons. The molecule has 1 rings (SSSR count). The number of hydrogen-bond donors (Lipinski definition) is 1. The second-order valence-electron chi connectivity index (χ2n) is 4.72. The van der Waals surface area contributed by atoms with E-state index in [1.54, 1.807) is 0 Å². The van der Waals surface area contributed by atoms with Gasteiger partial charge in [0.2, 0.25) is 5.91 Å². The van der Waals surface area contributed by atoms with Gasteiger partial charge in [-0.1, -0.05) is 0 Å². The number of hydrogen-bond acceptors (Lipinski definition) is 2. The van der Waals surface area contributed by atoms with Crippen LogP contribution in [0.25, 0.3) is 0 Å². The summed E-state index contributed by atoms with van der Waals surface area (Å²) >= 11 is 0. The molecular formula is C14H24N2O. The number of terminal acetylenes is 1. The van der Waals surface area contributed by atoms with E-state index in [2.05, 4.69) is 11.2 Å². The lowest BCUT2D eigenvalue weighted by Crippen LogP contribution is -2.47. The molecule has 1 aliphatic rings. The summed E-state index contributed by atoms with van der Waals surface area (Å²) in [5.41, 5.74) is 0. The molecule has 0 saturated carbocycles. The zero-order chi connectivity index (χ0) is 12.5. The summed E-state index contributed by atoms with van der Waals surface area (Å²) < 4.78 is 0. The number of rotatable bonds is 6. The first-order chi connectivity index (χ1) is 8.25. The van der Waals surface area contributed by atoms with Crippen molar-refractivity contribution in [1.29, 1.82) is 0 Å². The Morgan fingerprint density at radius 2 is 2.06 bits per heavy atom. The fraction of sp³-hybridized carbons (Fsp3) is 0.786. The van der Waals surface area contributed by atoms with E-state index in [1.165, 1.54) is 6.42 Å². The third kappa shape index (κ3) is 5.23. The van der Waals surface area contributed by atoms with Crippen molar-refractivity contribution < 1.29 is 4.79 Å². The highest BCUT2D eigenvalue weighted by atomic mass is 16.2. The van der Waals surface area contributed by atoms with Gasteiger partial charge in [-0.15, -0.1) is 12.3 Å². The summed E-state index contributed by atoms with van der Waals surface area (Å²) in [5.74, 6) is 2.88. The van der Waals surface area contributed by atoms with Crippen LogP contribution in [0.4, 0.5) is 0 Å². The second-order valence-corrected chi connectivity index (χ2v) is 4.72. The molecule has 1 unspecified atom stereocenters. The highest BCUT2D eigenvalue weighted by Gasteiger charge is 2.21. The molecule has 0 aromatic heterocycles. The first-order valence-corrected chi connectivity index (χ1v) is 6.71. The molecular weight excluding hydrogens is 212 g/mol. The van der Waals surface area contributed by atoms with Gasteiger partial charge >= 0.3 is 0 Å². The lowest BCUT2D eigenvalue weighted by Gasteiger charge is -2.29. The van der Waals surface area contributed by atoms with E-state index in [1.807, 2.05) is 11.8 Å². The van der Waals surface area contributed by atoms with Crippen LogP contribution < -0.4 is 5.32 Å². The number of likely N-dealkylation sites (tertiary alicyclic amines) is 1. The molecule has 3 nitrogen and oxygen atoms in total. The van der Waals surface area contributed by atoms with Crippen LogP contribution in [0.1, 0.15) is 45.4 Å². The molecule has 1 N–H and O–H groups in total. The molecule has 1 atom stereocenters. The number of nitrogens with one attached hydrogen (secondary N) is 1. The predicted octanol–water partition coefficient (Wildman–Crippen LogP) is 1.78. The second kappa shape index (κ2) is 8.14. The zero-order valence-electron chi connectivity index (χ0n) is 10.9. The van der Waals surface area contributed by atoms with Gasteiger partial charge in [0.25, 0.3) is 0 Å². The maximum atomic E-state index is 12.0. The van der Waals surface area contributed by atoms with E-state index in [0.29, 0.717) is 0 Å². The van der Waals surface area contributed by atoms with E-state index < -0.39 is 0 Å². The Morgan fingerprint density at radius 1 is 1.35 bits per heavy atom.